The molecule has 6 nitrogen and oxygen atoms in total. The number of carboxylic acid groups (broad SMARTS) is 2. The molecular weight excluding hydrogens is 325 g/mol. The van der Waals surface area contributed by atoms with Gasteiger partial charge in [0.25, 0.3) is 5.91 Å². The lowest BCUT2D eigenvalue weighted by Gasteiger charge is -2.13. The van der Waals surface area contributed by atoms with E-state index in [4.69, 9.17) is 10.2 Å². The van der Waals surface area contributed by atoms with Crippen LogP contribution in [0.4, 0.5) is 4.39 Å². The zero-order valence-corrected chi connectivity index (χ0v) is 11.0. The summed E-state index contributed by atoms with van der Waals surface area (Å²) in [7, 11) is 0. The number of halogens is 2. The quantitative estimate of drug-likeness (QED) is 0.752. The van der Waals surface area contributed by atoms with E-state index in [0.717, 1.165) is 12.1 Å². The van der Waals surface area contributed by atoms with E-state index >= 15 is 0 Å². The van der Waals surface area contributed by atoms with Gasteiger partial charge in [-0.25, -0.2) is 9.18 Å². The van der Waals surface area contributed by atoms with Gasteiger partial charge in [-0.15, -0.1) is 0 Å². The maximum absolute atomic E-state index is 13.0. The number of carboxylic acids is 2. The molecule has 0 bridgehead atoms. The summed E-state index contributed by atoms with van der Waals surface area (Å²) in [6, 6.07) is 1.74. The molecule has 0 radical (unpaired) electrons. The van der Waals surface area contributed by atoms with Gasteiger partial charge in [-0.05, 0) is 34.1 Å². The van der Waals surface area contributed by atoms with Gasteiger partial charge in [0.15, 0.2) is 0 Å². The number of hydrogen-bond donors (Lipinski definition) is 3. The molecule has 0 aliphatic rings. The molecule has 1 aromatic carbocycles. The van der Waals surface area contributed by atoms with Gasteiger partial charge in [0, 0.05) is 4.47 Å². The Kier molecular flexibility index (Phi) is 4.99. The Morgan fingerprint density at radius 3 is 2.47 bits per heavy atom. The van der Waals surface area contributed by atoms with Crippen molar-refractivity contribution in [3.63, 3.8) is 0 Å². The van der Waals surface area contributed by atoms with Crippen LogP contribution in [-0.4, -0.2) is 34.1 Å². The van der Waals surface area contributed by atoms with Gasteiger partial charge in [0.2, 0.25) is 0 Å². The van der Waals surface area contributed by atoms with Crippen LogP contribution in [0.25, 0.3) is 0 Å². The molecule has 1 amide bonds. The van der Waals surface area contributed by atoms with Crippen molar-refractivity contribution in [3.8, 4) is 0 Å². The Morgan fingerprint density at radius 2 is 1.95 bits per heavy atom. The number of benzene rings is 1. The predicted molar refractivity (Wildman–Crippen MR) is 65.2 cm³/mol. The first-order valence-electron chi connectivity index (χ1n) is 5.01. The summed E-state index contributed by atoms with van der Waals surface area (Å²) in [6.07, 6.45) is -0.770. The summed E-state index contributed by atoms with van der Waals surface area (Å²) in [5, 5.41) is 19.3. The van der Waals surface area contributed by atoms with Gasteiger partial charge < -0.3 is 15.5 Å². The molecule has 0 spiro atoms. The zero-order chi connectivity index (χ0) is 14.6. The number of aliphatic carboxylic acids is 2. The molecule has 0 saturated carbocycles. The lowest BCUT2D eigenvalue weighted by Crippen LogP contribution is -2.42. The van der Waals surface area contributed by atoms with Crippen molar-refractivity contribution < 1.29 is 29.0 Å². The number of amides is 1. The van der Waals surface area contributed by atoms with Crippen LogP contribution in [0.5, 0.6) is 0 Å². The van der Waals surface area contributed by atoms with Crippen LogP contribution in [-0.2, 0) is 9.59 Å². The second-order valence-electron chi connectivity index (χ2n) is 3.59. The molecule has 0 fully saturated rings. The Morgan fingerprint density at radius 1 is 1.32 bits per heavy atom. The smallest absolute Gasteiger partial charge is 0.326 e. The number of hydrogen-bond acceptors (Lipinski definition) is 3. The van der Waals surface area contributed by atoms with Crippen LogP contribution in [0.3, 0.4) is 0 Å². The highest BCUT2D eigenvalue weighted by Gasteiger charge is 2.24. The van der Waals surface area contributed by atoms with E-state index in [2.05, 4.69) is 15.9 Å². The minimum Gasteiger partial charge on any atom is -0.481 e. The van der Waals surface area contributed by atoms with E-state index in [1.54, 1.807) is 0 Å². The van der Waals surface area contributed by atoms with Crippen molar-refractivity contribution in [2.75, 3.05) is 0 Å². The van der Waals surface area contributed by atoms with Crippen LogP contribution >= 0.6 is 15.9 Å². The molecule has 0 heterocycles. The van der Waals surface area contributed by atoms with E-state index in [0.29, 0.717) is 0 Å². The molecule has 0 unspecified atom stereocenters. The van der Waals surface area contributed by atoms with Gasteiger partial charge in [0.1, 0.15) is 11.9 Å². The largest absolute Gasteiger partial charge is 0.481 e. The molecule has 1 atom stereocenters. The third kappa shape index (κ3) is 4.32. The van der Waals surface area contributed by atoms with E-state index in [9.17, 15) is 18.8 Å². The molecule has 1 rings (SSSR count). The van der Waals surface area contributed by atoms with Crippen LogP contribution in [0.2, 0.25) is 0 Å². The number of nitrogens with one attached hydrogen (secondary N) is 1. The monoisotopic (exact) mass is 333 g/mol. The first kappa shape index (κ1) is 15.1. The number of rotatable bonds is 5. The Hall–Kier alpha value is -1.96. The van der Waals surface area contributed by atoms with E-state index in [1.165, 1.54) is 6.07 Å². The summed E-state index contributed by atoms with van der Waals surface area (Å²) >= 11 is 3.02. The fourth-order valence-corrected chi connectivity index (χ4v) is 1.71. The minimum atomic E-state index is -1.58. The molecule has 0 aromatic heterocycles. The maximum Gasteiger partial charge on any atom is 0.326 e. The average Bonchev–Trinajstić information content (AvgIpc) is 2.30. The molecule has 19 heavy (non-hydrogen) atoms. The second-order valence-corrected chi connectivity index (χ2v) is 4.44. The van der Waals surface area contributed by atoms with Gasteiger partial charge >= 0.3 is 11.9 Å². The topological polar surface area (TPSA) is 104 Å². The number of carbonyl (C=O) groups excluding carboxylic acids is 1. The summed E-state index contributed by atoms with van der Waals surface area (Å²) in [5.41, 5.74) is -0.114. The van der Waals surface area contributed by atoms with Gasteiger partial charge in [-0.3, -0.25) is 9.59 Å². The van der Waals surface area contributed by atoms with Gasteiger partial charge in [0.05, 0.1) is 12.0 Å². The molecule has 102 valence electrons. The Bertz CT molecular complexity index is 534. The zero-order valence-electron chi connectivity index (χ0n) is 9.39. The fraction of sp³-hybridized carbons (Fsp3) is 0.182. The highest BCUT2D eigenvalue weighted by molar-refractivity contribution is 9.10. The highest BCUT2D eigenvalue weighted by atomic mass is 79.9. The van der Waals surface area contributed by atoms with Crippen LogP contribution < -0.4 is 5.32 Å². The molecule has 8 heteroatoms. The van der Waals surface area contributed by atoms with Gasteiger partial charge in [-0.1, -0.05) is 0 Å². The predicted octanol–water partition coefficient (Wildman–Crippen LogP) is 1.25. The number of carbonyl (C=O) groups is 3. The van der Waals surface area contributed by atoms with E-state index in [1.807, 2.05) is 5.32 Å². The molecule has 0 aliphatic heterocycles. The lowest BCUT2D eigenvalue weighted by atomic mass is 10.1. The molecule has 3 N–H and O–H groups in total. The van der Waals surface area contributed by atoms with Crippen molar-refractivity contribution in [3.05, 3.63) is 34.1 Å². The summed E-state index contributed by atoms with van der Waals surface area (Å²) in [6.45, 7) is 0. The fourth-order valence-electron chi connectivity index (χ4n) is 1.28. The average molecular weight is 334 g/mol. The van der Waals surface area contributed by atoms with Crippen molar-refractivity contribution in [1.82, 2.24) is 5.32 Å². The van der Waals surface area contributed by atoms with Crippen molar-refractivity contribution >= 4 is 33.8 Å². The SMILES string of the molecule is O=C(O)C[C@H](NC(=O)c1cc(F)ccc1Br)C(=O)O. The Balaban J connectivity index is 2.90. The second kappa shape index (κ2) is 6.28. The van der Waals surface area contributed by atoms with E-state index < -0.39 is 36.1 Å². The lowest BCUT2D eigenvalue weighted by molar-refractivity contribution is -0.145. The first-order chi connectivity index (χ1) is 8.81. The molecule has 0 aliphatic carbocycles. The highest BCUT2D eigenvalue weighted by Crippen LogP contribution is 2.18. The summed E-state index contributed by atoms with van der Waals surface area (Å²) in [4.78, 5) is 33.0. The van der Waals surface area contributed by atoms with Crippen molar-refractivity contribution in [2.24, 2.45) is 0 Å². The van der Waals surface area contributed by atoms with Crippen LogP contribution in [0.1, 0.15) is 16.8 Å². The molecule has 1 aromatic rings. The van der Waals surface area contributed by atoms with Crippen molar-refractivity contribution in [2.45, 2.75) is 12.5 Å². The van der Waals surface area contributed by atoms with Crippen LogP contribution in [0.15, 0.2) is 22.7 Å². The first-order valence-corrected chi connectivity index (χ1v) is 5.81. The molecule has 0 saturated heterocycles. The minimum absolute atomic E-state index is 0.114. The molecular formula is C11H9BrFNO5. The summed E-state index contributed by atoms with van der Waals surface area (Å²) < 4.78 is 13.3. The van der Waals surface area contributed by atoms with Crippen molar-refractivity contribution in [1.29, 1.82) is 0 Å². The third-order valence-corrected chi connectivity index (χ3v) is 2.85. The summed E-state index contributed by atoms with van der Waals surface area (Å²) in [5.74, 6) is -4.40. The standard InChI is InChI=1S/C11H9BrFNO5/c12-7-2-1-5(13)3-6(7)10(17)14-8(11(18)19)4-9(15)16/h1-3,8H,4H2,(H,14,17)(H,15,16)(H,18,19)/t8-/m0/s1. The Labute approximate surface area is 115 Å². The van der Waals surface area contributed by atoms with E-state index in [-0.39, 0.29) is 10.0 Å². The van der Waals surface area contributed by atoms with Crippen LogP contribution in [0, 0.1) is 5.82 Å². The normalized spacial score (nSPS) is 11.7. The third-order valence-electron chi connectivity index (χ3n) is 2.16. The maximum atomic E-state index is 13.0. The van der Waals surface area contributed by atoms with Gasteiger partial charge in [-0.2, -0.15) is 0 Å².